The third kappa shape index (κ3) is 5.95. The number of benzene rings is 3. The number of rotatable bonds is 9. The maximum atomic E-state index is 13.8. The first kappa shape index (κ1) is 21.6. The quantitative estimate of drug-likeness (QED) is 0.481. The van der Waals surface area contributed by atoms with Gasteiger partial charge >= 0.3 is 0 Å². The Labute approximate surface area is 179 Å². The molecule has 0 aliphatic carbocycles. The van der Waals surface area contributed by atoms with Gasteiger partial charge in [0.1, 0.15) is 23.9 Å². The van der Waals surface area contributed by atoms with Crippen LogP contribution in [0.15, 0.2) is 66.7 Å². The molecule has 0 heterocycles. The molecule has 3 rings (SSSR count). The van der Waals surface area contributed by atoms with Crippen molar-refractivity contribution in [2.24, 2.45) is 5.73 Å². The number of phenolic OH excluding ortho intramolecular Hbond substituents is 1. The lowest BCUT2D eigenvalue weighted by molar-refractivity contribution is -0.120. The second-order valence-electron chi connectivity index (χ2n) is 6.84. The maximum Gasteiger partial charge on any atom is 0.234 e. The molecule has 1 atom stereocenters. The molecule has 0 bridgehead atoms. The van der Waals surface area contributed by atoms with Crippen LogP contribution < -0.4 is 15.8 Å². The Balaban J connectivity index is 1.55. The molecule has 0 aliphatic heterocycles. The lowest BCUT2D eigenvalue weighted by atomic mass is 10.0. The van der Waals surface area contributed by atoms with Crippen molar-refractivity contribution < 1.29 is 19.0 Å². The van der Waals surface area contributed by atoms with Crippen LogP contribution in [0.5, 0.6) is 11.5 Å². The smallest absolute Gasteiger partial charge is 0.234 e. The van der Waals surface area contributed by atoms with Crippen molar-refractivity contribution in [2.45, 2.75) is 25.6 Å². The summed E-state index contributed by atoms with van der Waals surface area (Å²) in [5.74, 6) is -0.116. The highest BCUT2D eigenvalue weighted by molar-refractivity contribution is 6.31. The Morgan fingerprint density at radius 1 is 1.07 bits per heavy atom. The Morgan fingerprint density at radius 2 is 1.73 bits per heavy atom. The molecule has 5 nitrogen and oxygen atoms in total. The largest absolute Gasteiger partial charge is 0.508 e. The first-order valence-corrected chi connectivity index (χ1v) is 9.75. The van der Waals surface area contributed by atoms with Crippen molar-refractivity contribution in [1.82, 2.24) is 5.32 Å². The average molecular weight is 429 g/mol. The van der Waals surface area contributed by atoms with Crippen molar-refractivity contribution in [3.8, 4) is 11.5 Å². The molecule has 0 saturated carbocycles. The van der Waals surface area contributed by atoms with E-state index < -0.39 is 17.8 Å². The molecule has 0 fully saturated rings. The van der Waals surface area contributed by atoms with Crippen molar-refractivity contribution in [1.29, 1.82) is 0 Å². The van der Waals surface area contributed by atoms with Crippen LogP contribution in [-0.2, 0) is 24.4 Å². The Kier molecular flexibility index (Phi) is 7.27. The fourth-order valence-corrected chi connectivity index (χ4v) is 3.13. The number of ether oxygens (including phenoxy) is 1. The number of carbonyl (C=O) groups is 1. The van der Waals surface area contributed by atoms with Gasteiger partial charge in [-0.05, 0) is 53.9 Å². The summed E-state index contributed by atoms with van der Waals surface area (Å²) in [7, 11) is 0. The van der Waals surface area contributed by atoms with E-state index >= 15 is 0 Å². The summed E-state index contributed by atoms with van der Waals surface area (Å²) >= 11 is 6.00. The lowest BCUT2D eigenvalue weighted by Crippen LogP contribution is -2.42. The van der Waals surface area contributed by atoms with Gasteiger partial charge in [0.25, 0.3) is 0 Å². The zero-order valence-electron chi connectivity index (χ0n) is 16.1. The van der Waals surface area contributed by atoms with Crippen LogP contribution in [0.2, 0.25) is 5.02 Å². The average Bonchev–Trinajstić information content (AvgIpc) is 2.73. The monoisotopic (exact) mass is 428 g/mol. The van der Waals surface area contributed by atoms with Crippen LogP contribution in [0.1, 0.15) is 16.7 Å². The number of primary amides is 1. The van der Waals surface area contributed by atoms with E-state index in [0.717, 1.165) is 11.1 Å². The Bertz CT molecular complexity index is 974. The van der Waals surface area contributed by atoms with Crippen LogP contribution in [-0.4, -0.2) is 17.1 Å². The van der Waals surface area contributed by atoms with Gasteiger partial charge in [0.05, 0.1) is 11.1 Å². The number of hydrogen-bond donors (Lipinski definition) is 3. The second-order valence-corrected chi connectivity index (χ2v) is 7.25. The maximum absolute atomic E-state index is 13.8. The van der Waals surface area contributed by atoms with E-state index in [-0.39, 0.29) is 12.4 Å². The number of nitrogens with one attached hydrogen (secondary N) is 1. The van der Waals surface area contributed by atoms with Crippen molar-refractivity contribution in [3.05, 3.63) is 94.3 Å². The third-order valence-corrected chi connectivity index (χ3v) is 4.99. The van der Waals surface area contributed by atoms with Gasteiger partial charge in [0.15, 0.2) is 0 Å². The number of phenols is 1. The number of halogens is 2. The Morgan fingerprint density at radius 3 is 2.37 bits per heavy atom. The molecule has 4 N–H and O–H groups in total. The summed E-state index contributed by atoms with van der Waals surface area (Å²) in [4.78, 5) is 11.8. The molecule has 156 valence electrons. The number of carbonyl (C=O) groups excluding carboxylic acids is 1. The van der Waals surface area contributed by atoms with Gasteiger partial charge in [-0.2, -0.15) is 0 Å². The molecule has 0 aromatic heterocycles. The van der Waals surface area contributed by atoms with Crippen LogP contribution in [0.4, 0.5) is 4.39 Å². The summed E-state index contributed by atoms with van der Waals surface area (Å²) < 4.78 is 19.4. The molecule has 0 radical (unpaired) electrons. The van der Waals surface area contributed by atoms with E-state index in [4.69, 9.17) is 22.1 Å². The van der Waals surface area contributed by atoms with Gasteiger partial charge in [0.2, 0.25) is 5.91 Å². The SMILES string of the molecule is NC(=O)[C@H](Cc1ccc(O)cc1)NCc1ccc(OCc2c(F)cccc2Cl)cc1. The van der Waals surface area contributed by atoms with E-state index in [9.17, 15) is 14.3 Å². The zero-order chi connectivity index (χ0) is 21.5. The van der Waals surface area contributed by atoms with Crippen molar-refractivity contribution in [2.75, 3.05) is 0 Å². The first-order chi connectivity index (χ1) is 14.4. The number of amides is 1. The minimum absolute atomic E-state index is 0.0273. The molecule has 0 spiro atoms. The van der Waals surface area contributed by atoms with E-state index in [1.807, 2.05) is 12.1 Å². The van der Waals surface area contributed by atoms with Crippen LogP contribution in [0.3, 0.4) is 0 Å². The highest BCUT2D eigenvalue weighted by atomic mass is 35.5. The van der Waals surface area contributed by atoms with Crippen molar-refractivity contribution in [3.63, 3.8) is 0 Å². The molecular weight excluding hydrogens is 407 g/mol. The van der Waals surface area contributed by atoms with Gasteiger partial charge in [-0.1, -0.05) is 41.9 Å². The summed E-state index contributed by atoms with van der Waals surface area (Å²) in [6.07, 6.45) is 0.417. The van der Waals surface area contributed by atoms with Gasteiger partial charge in [0, 0.05) is 12.1 Å². The van der Waals surface area contributed by atoms with Gasteiger partial charge < -0.3 is 20.9 Å². The summed E-state index contributed by atoms with van der Waals surface area (Å²) in [6.45, 7) is 0.463. The lowest BCUT2D eigenvalue weighted by Gasteiger charge is -2.16. The predicted molar refractivity (Wildman–Crippen MR) is 114 cm³/mol. The molecule has 3 aromatic carbocycles. The summed E-state index contributed by atoms with van der Waals surface area (Å²) in [6, 6.07) is 17.8. The third-order valence-electron chi connectivity index (χ3n) is 4.64. The molecular formula is C23H22ClFN2O3. The van der Waals surface area contributed by atoms with Crippen LogP contribution >= 0.6 is 11.6 Å². The van der Waals surface area contributed by atoms with E-state index in [2.05, 4.69) is 5.32 Å². The first-order valence-electron chi connectivity index (χ1n) is 9.37. The fraction of sp³-hybridized carbons (Fsp3) is 0.174. The molecule has 1 amide bonds. The number of nitrogens with two attached hydrogens (primary N) is 1. The van der Waals surface area contributed by atoms with E-state index in [1.165, 1.54) is 6.07 Å². The fourth-order valence-electron chi connectivity index (χ4n) is 2.91. The molecule has 0 saturated heterocycles. The highest BCUT2D eigenvalue weighted by Crippen LogP contribution is 2.22. The van der Waals surface area contributed by atoms with Crippen molar-refractivity contribution >= 4 is 17.5 Å². The van der Waals surface area contributed by atoms with E-state index in [0.29, 0.717) is 29.3 Å². The molecule has 0 aliphatic rings. The number of aromatic hydroxyl groups is 1. The van der Waals surface area contributed by atoms with E-state index in [1.54, 1.807) is 48.5 Å². The molecule has 30 heavy (non-hydrogen) atoms. The normalized spacial score (nSPS) is 11.8. The Hall–Kier alpha value is -3.09. The second kappa shape index (κ2) is 10.1. The van der Waals surface area contributed by atoms with Crippen LogP contribution in [0.25, 0.3) is 0 Å². The minimum atomic E-state index is -0.548. The predicted octanol–water partition coefficient (Wildman–Crippen LogP) is 3.95. The topological polar surface area (TPSA) is 84.6 Å². The molecule has 0 unspecified atom stereocenters. The molecule has 3 aromatic rings. The number of hydrogen-bond acceptors (Lipinski definition) is 4. The zero-order valence-corrected chi connectivity index (χ0v) is 16.9. The standard InChI is InChI=1S/C23H22ClFN2O3/c24-20-2-1-3-21(25)19(20)14-30-18-10-6-16(7-11-18)13-27-22(23(26)29)12-15-4-8-17(28)9-5-15/h1-11,22,27-28H,12-14H2,(H2,26,29)/t22-/m0/s1. The van der Waals surface area contributed by atoms with Crippen LogP contribution in [0, 0.1) is 5.82 Å². The van der Waals surface area contributed by atoms with Gasteiger partial charge in [-0.3, -0.25) is 4.79 Å². The van der Waals surface area contributed by atoms with Gasteiger partial charge in [-0.25, -0.2) is 4.39 Å². The molecule has 7 heteroatoms. The highest BCUT2D eigenvalue weighted by Gasteiger charge is 2.15. The minimum Gasteiger partial charge on any atom is -0.508 e. The summed E-state index contributed by atoms with van der Waals surface area (Å²) in [5.41, 5.74) is 7.64. The van der Waals surface area contributed by atoms with Gasteiger partial charge in [-0.15, -0.1) is 0 Å². The summed E-state index contributed by atoms with van der Waals surface area (Å²) in [5, 5.41) is 12.8.